The number of carbonyl (C=O) groups is 1. The van der Waals surface area contributed by atoms with E-state index in [-0.39, 0.29) is 11.5 Å². The van der Waals surface area contributed by atoms with E-state index < -0.39 is 0 Å². The predicted octanol–water partition coefficient (Wildman–Crippen LogP) is 4.00. The number of rotatable bonds is 14. The van der Waals surface area contributed by atoms with Crippen molar-refractivity contribution in [1.82, 2.24) is 9.47 Å². The van der Waals surface area contributed by atoms with Crippen LogP contribution in [-0.2, 0) is 11.8 Å². The van der Waals surface area contributed by atoms with E-state index in [0.717, 1.165) is 42.2 Å². The molecule has 0 aliphatic rings. The van der Waals surface area contributed by atoms with Crippen molar-refractivity contribution in [3.05, 3.63) is 69.5 Å². The molecule has 2 aromatic rings. The molecule has 2 N–H and O–H groups in total. The quantitative estimate of drug-likeness (QED) is 0.189. The molecule has 2 rings (SSSR count). The first-order valence-corrected chi connectivity index (χ1v) is 15.2. The molecule has 0 bridgehead atoms. The van der Waals surface area contributed by atoms with E-state index in [2.05, 4.69) is 58.9 Å². The fourth-order valence-electron chi connectivity index (χ4n) is 4.47. The maximum atomic E-state index is 13.4. The van der Waals surface area contributed by atoms with Gasteiger partial charge < -0.3 is 29.7 Å². The average molecular weight is 618 g/mol. The molecule has 0 saturated heterocycles. The summed E-state index contributed by atoms with van der Waals surface area (Å²) < 4.78 is 7.40. The molecule has 10 nitrogen and oxygen atoms in total. The van der Waals surface area contributed by atoms with Crippen molar-refractivity contribution in [3.8, 4) is 5.75 Å². The number of ether oxygens (including phenoxy) is 1. The van der Waals surface area contributed by atoms with Crippen LogP contribution in [0.2, 0.25) is 0 Å². The van der Waals surface area contributed by atoms with Gasteiger partial charge in [-0.15, -0.1) is 0 Å². The Bertz CT molecular complexity index is 1610. The van der Waals surface area contributed by atoms with Gasteiger partial charge in [-0.3, -0.25) is 14.6 Å². The maximum Gasteiger partial charge on any atom is 0.260 e. The number of pyridine rings is 1. The van der Waals surface area contributed by atoms with E-state index in [1.807, 2.05) is 58.4 Å². The van der Waals surface area contributed by atoms with Gasteiger partial charge >= 0.3 is 0 Å². The SMILES string of the molecule is C=CC(=O)Nc1cc(NC(C)=N/C=c2/cc(C(/C=C\C(C)C)=NC)c(=O)n(C)/c2=C\CCC)c(OC)cc1N(C)CCN(C)C. The zero-order chi connectivity index (χ0) is 33.7. The predicted molar refractivity (Wildman–Crippen MR) is 192 cm³/mol. The fraction of sp³-hybridized carbons (Fsp3) is 0.429. The number of allylic oxidation sites excluding steroid dienone is 2. The summed E-state index contributed by atoms with van der Waals surface area (Å²) in [5.74, 6) is 1.19. The molecule has 0 unspecified atom stereocenters. The van der Waals surface area contributed by atoms with Crippen molar-refractivity contribution in [3.63, 3.8) is 0 Å². The van der Waals surface area contributed by atoms with Crippen LogP contribution in [0.15, 0.2) is 57.8 Å². The van der Waals surface area contributed by atoms with Gasteiger partial charge in [-0.2, -0.15) is 0 Å². The molecule has 0 spiro atoms. The third-order valence-corrected chi connectivity index (χ3v) is 7.04. The number of anilines is 3. The second kappa shape index (κ2) is 17.8. The first kappa shape index (κ1) is 36.8. The number of carbonyl (C=O) groups excluding carboxylic acids is 1. The first-order valence-electron chi connectivity index (χ1n) is 15.2. The largest absolute Gasteiger partial charge is 0.494 e. The molecule has 10 heteroatoms. The Labute approximate surface area is 268 Å². The summed E-state index contributed by atoms with van der Waals surface area (Å²) >= 11 is 0. The Kier molecular flexibility index (Phi) is 14.5. The molecule has 0 radical (unpaired) electrons. The van der Waals surface area contributed by atoms with Gasteiger partial charge in [-0.05, 0) is 57.6 Å². The number of aromatic nitrogens is 1. The molecular formula is C35H51N7O3. The van der Waals surface area contributed by atoms with Crippen LogP contribution >= 0.6 is 0 Å². The highest BCUT2D eigenvalue weighted by molar-refractivity contribution is 6.08. The van der Waals surface area contributed by atoms with E-state index >= 15 is 0 Å². The Morgan fingerprint density at radius 1 is 1.13 bits per heavy atom. The van der Waals surface area contributed by atoms with Crippen LogP contribution in [0.25, 0.3) is 12.3 Å². The second-order valence-corrected chi connectivity index (χ2v) is 11.4. The smallest absolute Gasteiger partial charge is 0.260 e. The normalized spacial score (nSPS) is 13.2. The highest BCUT2D eigenvalue weighted by atomic mass is 16.5. The highest BCUT2D eigenvalue weighted by Crippen LogP contribution is 2.37. The zero-order valence-electron chi connectivity index (χ0n) is 28.7. The van der Waals surface area contributed by atoms with Crippen LogP contribution in [0.4, 0.5) is 17.1 Å². The molecule has 1 amide bonds. The number of hydrogen-bond donors (Lipinski definition) is 2. The topological polar surface area (TPSA) is 104 Å². The number of amidine groups is 1. The number of unbranched alkanes of at least 4 members (excludes halogenated alkanes) is 1. The van der Waals surface area contributed by atoms with Gasteiger partial charge in [0.05, 0.1) is 35.4 Å². The van der Waals surface area contributed by atoms with Crippen LogP contribution in [0.3, 0.4) is 0 Å². The van der Waals surface area contributed by atoms with Crippen LogP contribution in [0, 0.1) is 5.92 Å². The lowest BCUT2D eigenvalue weighted by atomic mass is 10.1. The number of hydrogen-bond acceptors (Lipinski definition) is 7. The molecule has 0 saturated carbocycles. The monoisotopic (exact) mass is 617 g/mol. The van der Waals surface area contributed by atoms with Gasteiger partial charge in [0.1, 0.15) is 11.6 Å². The number of aliphatic imine (C=N–C) groups is 2. The Hall–Kier alpha value is -4.44. The molecule has 1 heterocycles. The Balaban J connectivity index is 2.67. The molecule has 0 fully saturated rings. The number of likely N-dealkylation sites (N-methyl/N-ethyl adjacent to an activating group) is 2. The summed E-state index contributed by atoms with van der Waals surface area (Å²) in [6.45, 7) is 13.3. The molecule has 244 valence electrons. The molecule has 0 aliphatic carbocycles. The van der Waals surface area contributed by atoms with Gasteiger partial charge in [-0.1, -0.05) is 45.9 Å². The summed E-state index contributed by atoms with van der Waals surface area (Å²) in [7, 11) is 11.1. The molecule has 1 aromatic heterocycles. The van der Waals surface area contributed by atoms with Crippen LogP contribution in [-0.4, -0.2) is 75.3 Å². The van der Waals surface area contributed by atoms with Gasteiger partial charge in [0.25, 0.3) is 5.56 Å². The molecule has 1 aromatic carbocycles. The summed E-state index contributed by atoms with van der Waals surface area (Å²) in [6.07, 6.45) is 10.7. The van der Waals surface area contributed by atoms with Crippen molar-refractivity contribution in [2.24, 2.45) is 23.0 Å². The fourth-order valence-corrected chi connectivity index (χ4v) is 4.47. The molecule has 0 aliphatic heterocycles. The maximum absolute atomic E-state index is 13.4. The lowest BCUT2D eigenvalue weighted by molar-refractivity contribution is -0.111. The minimum atomic E-state index is -0.313. The Morgan fingerprint density at radius 3 is 2.42 bits per heavy atom. The van der Waals surface area contributed by atoms with Crippen LogP contribution in [0.1, 0.15) is 46.1 Å². The molecule has 0 atom stereocenters. The lowest BCUT2D eigenvalue weighted by Crippen LogP contribution is -2.44. The highest BCUT2D eigenvalue weighted by Gasteiger charge is 2.16. The standard InChI is InChI=1S/C35H51N7O3/c1-12-14-15-31-26(20-27(35(44)42(31)10)28(36-6)17-16-24(3)4)23-37-25(5)38-30-21-29(39-34(43)13-2)32(22-33(30)45-11)41(9)19-18-40(7)8/h13,15-17,20-24H,2,12,14,18-19H2,1,3-11H3,(H,37,38)(H,39,43)/b17-16-,26-23-,31-15-,36-28?. The summed E-state index contributed by atoms with van der Waals surface area (Å²) in [6, 6.07) is 5.58. The van der Waals surface area contributed by atoms with Gasteiger partial charge in [-0.25, -0.2) is 4.99 Å². The number of benzene rings is 1. The number of amides is 1. The number of methoxy groups -OCH3 is 1. The second-order valence-electron chi connectivity index (χ2n) is 11.4. The first-order chi connectivity index (χ1) is 21.4. The van der Waals surface area contributed by atoms with Gasteiger partial charge in [0, 0.05) is 57.1 Å². The van der Waals surface area contributed by atoms with Crippen LogP contribution in [0.5, 0.6) is 5.75 Å². The van der Waals surface area contributed by atoms with Crippen molar-refractivity contribution in [2.75, 3.05) is 63.9 Å². The van der Waals surface area contributed by atoms with Gasteiger partial charge in [0.2, 0.25) is 5.91 Å². The average Bonchev–Trinajstić information content (AvgIpc) is 3.00. The Morgan fingerprint density at radius 2 is 1.84 bits per heavy atom. The van der Waals surface area contributed by atoms with E-state index in [4.69, 9.17) is 9.73 Å². The summed E-state index contributed by atoms with van der Waals surface area (Å²) in [4.78, 5) is 39.0. The van der Waals surface area contributed by atoms with E-state index in [9.17, 15) is 9.59 Å². The van der Waals surface area contributed by atoms with Crippen molar-refractivity contribution in [1.29, 1.82) is 0 Å². The van der Waals surface area contributed by atoms with E-state index in [0.29, 0.717) is 40.2 Å². The van der Waals surface area contributed by atoms with E-state index in [1.54, 1.807) is 32.0 Å². The third-order valence-electron chi connectivity index (χ3n) is 7.04. The molecular weight excluding hydrogens is 566 g/mol. The third kappa shape index (κ3) is 10.6. The number of nitrogens with zero attached hydrogens (tertiary/aromatic N) is 5. The minimum absolute atomic E-state index is 0.114. The zero-order valence-corrected chi connectivity index (χ0v) is 28.7. The summed E-state index contributed by atoms with van der Waals surface area (Å²) in [5, 5.41) is 7.84. The van der Waals surface area contributed by atoms with Crippen molar-refractivity contribution < 1.29 is 9.53 Å². The van der Waals surface area contributed by atoms with E-state index in [1.165, 1.54) is 6.08 Å². The van der Waals surface area contributed by atoms with Crippen LogP contribution < -0.4 is 36.4 Å². The van der Waals surface area contributed by atoms with Crippen molar-refractivity contribution >= 4 is 46.8 Å². The minimum Gasteiger partial charge on any atom is -0.494 e. The molecule has 45 heavy (non-hydrogen) atoms. The lowest BCUT2D eigenvalue weighted by Gasteiger charge is -2.26. The van der Waals surface area contributed by atoms with Crippen molar-refractivity contribution in [2.45, 2.75) is 40.5 Å². The number of nitrogens with one attached hydrogen (secondary N) is 2. The van der Waals surface area contributed by atoms with Gasteiger partial charge in [0.15, 0.2) is 0 Å². The summed E-state index contributed by atoms with van der Waals surface area (Å²) in [5.41, 5.74) is 3.07.